The minimum atomic E-state index is 0.613. The zero-order chi connectivity index (χ0) is 10.5. The van der Waals surface area contributed by atoms with Crippen LogP contribution in [0.4, 0.5) is 0 Å². The van der Waals surface area contributed by atoms with Crippen molar-refractivity contribution in [2.75, 3.05) is 37.5 Å². The number of hydrogen-bond donors (Lipinski definition) is 1. The second-order valence-corrected chi connectivity index (χ2v) is 6.93. The Kier molecular flexibility index (Phi) is 5.14. The maximum Gasteiger partial charge on any atom is 0.0618 e. The zero-order valence-corrected chi connectivity index (χ0v) is 11.0. The van der Waals surface area contributed by atoms with Crippen molar-refractivity contribution < 1.29 is 4.74 Å². The first-order valence-electron chi connectivity index (χ1n) is 5.82. The Bertz CT molecular complexity index is 181. The lowest BCUT2D eigenvalue weighted by Crippen LogP contribution is -2.40. The van der Waals surface area contributed by atoms with Gasteiger partial charge >= 0.3 is 0 Å². The highest BCUT2D eigenvalue weighted by Crippen LogP contribution is 2.33. The summed E-state index contributed by atoms with van der Waals surface area (Å²) in [5.74, 6) is 4.88. The van der Waals surface area contributed by atoms with Gasteiger partial charge in [-0.2, -0.15) is 23.5 Å². The van der Waals surface area contributed by atoms with Gasteiger partial charge in [0.05, 0.1) is 6.61 Å². The summed E-state index contributed by atoms with van der Waals surface area (Å²) in [4.78, 5) is 0. The summed E-state index contributed by atoms with van der Waals surface area (Å²) in [6.07, 6.45) is 2.79. The largest absolute Gasteiger partial charge is 0.383 e. The molecule has 2 unspecified atom stereocenters. The number of hydrogen-bond acceptors (Lipinski definition) is 4. The Morgan fingerprint density at radius 1 is 1.40 bits per heavy atom. The molecule has 1 aliphatic heterocycles. The molecule has 0 spiro atoms. The number of thioether (sulfide) groups is 2. The summed E-state index contributed by atoms with van der Waals surface area (Å²) in [7, 11) is 1.81. The number of methoxy groups -OCH3 is 1. The van der Waals surface area contributed by atoms with E-state index in [0.717, 1.165) is 17.8 Å². The molecule has 1 N–H and O–H groups in total. The molecule has 2 nitrogen and oxygen atoms in total. The van der Waals surface area contributed by atoms with Crippen LogP contribution in [0.25, 0.3) is 0 Å². The first-order chi connectivity index (χ1) is 7.40. The summed E-state index contributed by atoms with van der Waals surface area (Å²) in [6.45, 7) is 2.05. The van der Waals surface area contributed by atoms with Gasteiger partial charge in [-0.25, -0.2) is 0 Å². The molecule has 2 atom stereocenters. The first-order valence-corrected chi connectivity index (χ1v) is 8.02. The van der Waals surface area contributed by atoms with E-state index in [-0.39, 0.29) is 0 Å². The third-order valence-electron chi connectivity index (χ3n) is 3.03. The molecule has 0 aromatic heterocycles. The summed E-state index contributed by atoms with van der Waals surface area (Å²) >= 11 is 4.23. The van der Waals surface area contributed by atoms with Gasteiger partial charge in [-0.3, -0.25) is 0 Å². The fraction of sp³-hybridized carbons (Fsp3) is 1.00. The molecule has 0 radical (unpaired) electrons. The molecule has 0 bridgehead atoms. The van der Waals surface area contributed by atoms with Crippen molar-refractivity contribution in [1.29, 1.82) is 0 Å². The number of nitrogens with one attached hydrogen (secondary N) is 1. The van der Waals surface area contributed by atoms with Crippen LogP contribution in [0.1, 0.15) is 12.8 Å². The Hall–Kier alpha value is 0.620. The molecule has 1 aliphatic carbocycles. The molecule has 4 heteroatoms. The monoisotopic (exact) mass is 247 g/mol. The van der Waals surface area contributed by atoms with E-state index in [2.05, 4.69) is 28.8 Å². The van der Waals surface area contributed by atoms with E-state index in [1.54, 1.807) is 0 Å². The Labute approximate surface area is 101 Å². The molecule has 0 amide bonds. The molecular weight excluding hydrogens is 226 g/mol. The van der Waals surface area contributed by atoms with Crippen molar-refractivity contribution in [2.45, 2.75) is 24.1 Å². The van der Waals surface area contributed by atoms with Crippen LogP contribution in [-0.2, 0) is 4.74 Å². The number of rotatable bonds is 6. The lowest BCUT2D eigenvalue weighted by molar-refractivity contribution is 0.158. The SMILES string of the molecule is COCC(NCC1CSCCS1)C1CC1. The van der Waals surface area contributed by atoms with Gasteiger partial charge in [-0.05, 0) is 18.8 Å². The lowest BCUT2D eigenvalue weighted by Gasteiger charge is -2.24. The van der Waals surface area contributed by atoms with E-state index in [1.165, 1.54) is 36.6 Å². The van der Waals surface area contributed by atoms with Crippen LogP contribution in [0.15, 0.2) is 0 Å². The van der Waals surface area contributed by atoms with Crippen molar-refractivity contribution in [1.82, 2.24) is 5.32 Å². The van der Waals surface area contributed by atoms with Crippen LogP contribution >= 0.6 is 23.5 Å². The smallest absolute Gasteiger partial charge is 0.0618 e. The standard InChI is InChI=1S/C11H21NOS2/c1-13-7-11(9-2-3-9)12-6-10-8-14-4-5-15-10/h9-12H,2-8H2,1H3. The summed E-state index contributed by atoms with van der Waals surface area (Å²) in [5.41, 5.74) is 0. The van der Waals surface area contributed by atoms with Gasteiger partial charge in [-0.1, -0.05) is 0 Å². The molecule has 1 heterocycles. The van der Waals surface area contributed by atoms with Crippen LogP contribution in [0.3, 0.4) is 0 Å². The van der Waals surface area contributed by atoms with Crippen LogP contribution in [-0.4, -0.2) is 48.8 Å². The van der Waals surface area contributed by atoms with Crippen LogP contribution in [0, 0.1) is 5.92 Å². The topological polar surface area (TPSA) is 21.3 Å². The molecule has 1 saturated carbocycles. The first kappa shape index (κ1) is 12.1. The minimum absolute atomic E-state index is 0.613. The van der Waals surface area contributed by atoms with Gasteiger partial charge in [0, 0.05) is 42.2 Å². The van der Waals surface area contributed by atoms with E-state index in [9.17, 15) is 0 Å². The third-order valence-corrected chi connectivity index (χ3v) is 5.87. The highest BCUT2D eigenvalue weighted by molar-refractivity contribution is 8.06. The van der Waals surface area contributed by atoms with Crippen molar-refractivity contribution >= 4 is 23.5 Å². The van der Waals surface area contributed by atoms with Crippen LogP contribution < -0.4 is 5.32 Å². The van der Waals surface area contributed by atoms with E-state index >= 15 is 0 Å². The normalized spacial score (nSPS) is 29.0. The molecule has 1 saturated heterocycles. The Morgan fingerprint density at radius 3 is 2.87 bits per heavy atom. The fourth-order valence-corrected chi connectivity index (χ4v) is 4.60. The van der Waals surface area contributed by atoms with Gasteiger partial charge in [0.2, 0.25) is 0 Å². The molecule has 88 valence electrons. The van der Waals surface area contributed by atoms with Crippen molar-refractivity contribution in [3.63, 3.8) is 0 Å². The van der Waals surface area contributed by atoms with Crippen molar-refractivity contribution in [3.8, 4) is 0 Å². The maximum atomic E-state index is 5.27. The van der Waals surface area contributed by atoms with Crippen molar-refractivity contribution in [3.05, 3.63) is 0 Å². The van der Waals surface area contributed by atoms with E-state index in [1.807, 2.05) is 7.11 Å². The highest BCUT2D eigenvalue weighted by atomic mass is 32.2. The summed E-state index contributed by atoms with van der Waals surface area (Å²) in [6, 6.07) is 0.613. The van der Waals surface area contributed by atoms with E-state index in [4.69, 9.17) is 4.74 Å². The molecule has 0 aromatic rings. The van der Waals surface area contributed by atoms with Gasteiger partial charge in [0.25, 0.3) is 0 Å². The Morgan fingerprint density at radius 2 is 2.27 bits per heavy atom. The Balaban J connectivity index is 1.65. The van der Waals surface area contributed by atoms with Crippen molar-refractivity contribution in [2.24, 2.45) is 5.92 Å². The minimum Gasteiger partial charge on any atom is -0.383 e. The van der Waals surface area contributed by atoms with Crippen LogP contribution in [0.2, 0.25) is 0 Å². The molecule has 2 fully saturated rings. The number of ether oxygens (including phenoxy) is 1. The second kappa shape index (κ2) is 6.38. The van der Waals surface area contributed by atoms with Crippen LogP contribution in [0.5, 0.6) is 0 Å². The van der Waals surface area contributed by atoms with E-state index < -0.39 is 0 Å². The van der Waals surface area contributed by atoms with Gasteiger partial charge in [-0.15, -0.1) is 0 Å². The second-order valence-electron chi connectivity index (χ2n) is 4.38. The van der Waals surface area contributed by atoms with Gasteiger partial charge in [0.15, 0.2) is 0 Å². The molecule has 15 heavy (non-hydrogen) atoms. The fourth-order valence-electron chi connectivity index (χ4n) is 1.98. The lowest BCUT2D eigenvalue weighted by atomic mass is 10.2. The molecule has 2 rings (SSSR count). The molecular formula is C11H21NOS2. The van der Waals surface area contributed by atoms with Gasteiger partial charge in [0.1, 0.15) is 0 Å². The summed E-state index contributed by atoms with van der Waals surface area (Å²) in [5, 5.41) is 4.51. The summed E-state index contributed by atoms with van der Waals surface area (Å²) < 4.78 is 5.27. The predicted molar refractivity (Wildman–Crippen MR) is 70.0 cm³/mol. The molecule has 0 aromatic carbocycles. The maximum absolute atomic E-state index is 5.27. The average molecular weight is 247 g/mol. The molecule has 2 aliphatic rings. The third kappa shape index (κ3) is 4.17. The zero-order valence-electron chi connectivity index (χ0n) is 9.41. The van der Waals surface area contributed by atoms with Gasteiger partial charge < -0.3 is 10.1 Å². The highest BCUT2D eigenvalue weighted by Gasteiger charge is 2.31. The average Bonchev–Trinajstić information content (AvgIpc) is 3.09. The van der Waals surface area contributed by atoms with E-state index in [0.29, 0.717) is 6.04 Å². The quantitative estimate of drug-likeness (QED) is 0.773. The predicted octanol–water partition coefficient (Wildman–Crippen LogP) is 1.85.